The van der Waals surface area contributed by atoms with Crippen molar-refractivity contribution in [3.8, 4) is 5.75 Å². The first-order chi connectivity index (χ1) is 8.83. The van der Waals surface area contributed by atoms with Crippen molar-refractivity contribution >= 4 is 5.91 Å². The maximum Gasteiger partial charge on any atom is 0.237 e. The summed E-state index contributed by atoms with van der Waals surface area (Å²) in [4.78, 5) is 11.9. The number of ether oxygens (including phenoxy) is 1. The molecule has 4 nitrogen and oxygen atoms in total. The van der Waals surface area contributed by atoms with Crippen molar-refractivity contribution in [1.29, 1.82) is 0 Å². The Labute approximate surface area is 115 Å². The summed E-state index contributed by atoms with van der Waals surface area (Å²) < 4.78 is 5.28. The quantitative estimate of drug-likeness (QED) is 0.856. The molecule has 0 fully saturated rings. The molecule has 2 N–H and O–H groups in total. The van der Waals surface area contributed by atoms with Gasteiger partial charge in [-0.05, 0) is 33.8 Å². The van der Waals surface area contributed by atoms with Gasteiger partial charge in [0.2, 0.25) is 5.91 Å². The summed E-state index contributed by atoms with van der Waals surface area (Å²) in [6, 6.07) is 7.54. The van der Waals surface area contributed by atoms with Crippen LogP contribution in [0.5, 0.6) is 5.75 Å². The Morgan fingerprint density at radius 2 is 1.95 bits per heavy atom. The van der Waals surface area contributed by atoms with Crippen LogP contribution in [0.2, 0.25) is 0 Å². The number of hydrogen-bond acceptors (Lipinski definition) is 3. The summed E-state index contributed by atoms with van der Waals surface area (Å²) in [6.45, 7) is 8.37. The van der Waals surface area contributed by atoms with Crippen molar-refractivity contribution in [3.05, 3.63) is 29.8 Å². The number of carbonyl (C=O) groups is 1. The Morgan fingerprint density at radius 3 is 2.53 bits per heavy atom. The summed E-state index contributed by atoms with van der Waals surface area (Å²) >= 11 is 0. The van der Waals surface area contributed by atoms with Crippen LogP contribution in [0.15, 0.2) is 24.3 Å². The smallest absolute Gasteiger partial charge is 0.237 e. The zero-order chi connectivity index (χ0) is 14.5. The van der Waals surface area contributed by atoms with E-state index in [1.54, 1.807) is 7.11 Å². The molecule has 0 saturated carbocycles. The molecule has 106 valence electrons. The van der Waals surface area contributed by atoms with E-state index in [9.17, 15) is 4.79 Å². The summed E-state index contributed by atoms with van der Waals surface area (Å²) in [5, 5.41) is 6.16. The third kappa shape index (κ3) is 5.30. The van der Waals surface area contributed by atoms with Crippen LogP contribution in [-0.4, -0.2) is 24.6 Å². The Kier molecular flexibility index (Phi) is 5.36. The van der Waals surface area contributed by atoms with Gasteiger partial charge in [0.15, 0.2) is 0 Å². The number of methoxy groups -OCH3 is 1. The highest BCUT2D eigenvalue weighted by Crippen LogP contribution is 2.16. The molecule has 19 heavy (non-hydrogen) atoms. The molecule has 0 aromatic heterocycles. The standard InChI is InChI=1S/C15H24N2O2/c1-11(14(18)17-15(2,3)4)16-10-12-8-6-7-9-13(12)19-5/h6-9,11,16H,10H2,1-5H3,(H,17,18). The van der Waals surface area contributed by atoms with Gasteiger partial charge in [-0.15, -0.1) is 0 Å². The largest absolute Gasteiger partial charge is 0.496 e. The van der Waals surface area contributed by atoms with Gasteiger partial charge in [-0.1, -0.05) is 18.2 Å². The lowest BCUT2D eigenvalue weighted by atomic mass is 10.1. The van der Waals surface area contributed by atoms with Crippen LogP contribution in [0.3, 0.4) is 0 Å². The van der Waals surface area contributed by atoms with E-state index in [0.29, 0.717) is 6.54 Å². The number of benzene rings is 1. The Morgan fingerprint density at radius 1 is 1.32 bits per heavy atom. The summed E-state index contributed by atoms with van der Waals surface area (Å²) in [7, 11) is 1.65. The third-order valence-corrected chi connectivity index (χ3v) is 2.68. The molecule has 0 spiro atoms. The van der Waals surface area contributed by atoms with E-state index in [1.165, 1.54) is 0 Å². The van der Waals surface area contributed by atoms with Crippen LogP contribution in [0, 0.1) is 0 Å². The van der Waals surface area contributed by atoms with E-state index in [1.807, 2.05) is 52.0 Å². The van der Waals surface area contributed by atoms with E-state index in [4.69, 9.17) is 4.74 Å². The van der Waals surface area contributed by atoms with Gasteiger partial charge in [-0.2, -0.15) is 0 Å². The van der Waals surface area contributed by atoms with Crippen LogP contribution in [0.1, 0.15) is 33.3 Å². The molecule has 1 unspecified atom stereocenters. The molecule has 1 atom stereocenters. The number of carbonyl (C=O) groups excluding carboxylic acids is 1. The molecule has 0 bridgehead atoms. The van der Waals surface area contributed by atoms with E-state index in [0.717, 1.165) is 11.3 Å². The average molecular weight is 264 g/mol. The fraction of sp³-hybridized carbons (Fsp3) is 0.533. The fourth-order valence-electron chi connectivity index (χ4n) is 1.68. The average Bonchev–Trinajstić information content (AvgIpc) is 2.34. The number of nitrogens with one attached hydrogen (secondary N) is 2. The van der Waals surface area contributed by atoms with Crippen molar-refractivity contribution in [3.63, 3.8) is 0 Å². The van der Waals surface area contributed by atoms with Gasteiger partial charge in [0.25, 0.3) is 0 Å². The molecule has 0 aliphatic heterocycles. The van der Waals surface area contributed by atoms with Crippen LogP contribution < -0.4 is 15.4 Å². The van der Waals surface area contributed by atoms with Crippen molar-refractivity contribution in [2.24, 2.45) is 0 Å². The highest BCUT2D eigenvalue weighted by molar-refractivity contribution is 5.81. The molecule has 1 amide bonds. The second kappa shape index (κ2) is 6.57. The van der Waals surface area contributed by atoms with Crippen LogP contribution in [0.4, 0.5) is 0 Å². The minimum absolute atomic E-state index is 0.00222. The van der Waals surface area contributed by atoms with Gasteiger partial charge in [-0.25, -0.2) is 0 Å². The van der Waals surface area contributed by atoms with Crippen molar-refractivity contribution < 1.29 is 9.53 Å². The fourth-order valence-corrected chi connectivity index (χ4v) is 1.68. The van der Waals surface area contributed by atoms with Gasteiger partial charge in [0, 0.05) is 17.6 Å². The minimum Gasteiger partial charge on any atom is -0.496 e. The maximum absolute atomic E-state index is 11.9. The monoisotopic (exact) mass is 264 g/mol. The zero-order valence-corrected chi connectivity index (χ0v) is 12.4. The Hall–Kier alpha value is -1.55. The van der Waals surface area contributed by atoms with E-state index >= 15 is 0 Å². The van der Waals surface area contributed by atoms with Gasteiger partial charge < -0.3 is 15.4 Å². The molecular formula is C15H24N2O2. The molecule has 1 aromatic carbocycles. The first-order valence-electron chi connectivity index (χ1n) is 6.51. The van der Waals surface area contributed by atoms with E-state index < -0.39 is 0 Å². The number of hydrogen-bond donors (Lipinski definition) is 2. The van der Waals surface area contributed by atoms with Crippen LogP contribution in [-0.2, 0) is 11.3 Å². The normalized spacial score (nSPS) is 12.9. The molecule has 1 rings (SSSR count). The van der Waals surface area contributed by atoms with E-state index in [2.05, 4.69) is 10.6 Å². The maximum atomic E-state index is 11.9. The molecular weight excluding hydrogens is 240 g/mol. The summed E-state index contributed by atoms with van der Waals surface area (Å²) in [5.74, 6) is 0.834. The van der Waals surface area contributed by atoms with Gasteiger partial charge in [0.1, 0.15) is 5.75 Å². The van der Waals surface area contributed by atoms with Crippen molar-refractivity contribution in [2.75, 3.05) is 7.11 Å². The van der Waals surface area contributed by atoms with Crippen molar-refractivity contribution in [1.82, 2.24) is 10.6 Å². The first kappa shape index (κ1) is 15.5. The molecule has 0 heterocycles. The highest BCUT2D eigenvalue weighted by Gasteiger charge is 2.18. The lowest BCUT2D eigenvalue weighted by Crippen LogP contribution is -2.49. The molecule has 0 saturated heterocycles. The second-order valence-corrected chi connectivity index (χ2v) is 5.65. The number of rotatable bonds is 5. The minimum atomic E-state index is -0.246. The molecule has 0 radical (unpaired) electrons. The van der Waals surface area contributed by atoms with Gasteiger partial charge in [0.05, 0.1) is 13.2 Å². The molecule has 1 aromatic rings. The van der Waals surface area contributed by atoms with Crippen molar-refractivity contribution in [2.45, 2.75) is 45.8 Å². The zero-order valence-electron chi connectivity index (χ0n) is 12.4. The number of para-hydroxylation sites is 1. The molecule has 0 aliphatic carbocycles. The predicted molar refractivity (Wildman–Crippen MR) is 77.2 cm³/mol. The molecule has 0 aliphatic rings. The van der Waals surface area contributed by atoms with Gasteiger partial charge in [-0.3, -0.25) is 4.79 Å². The Bertz CT molecular complexity index is 424. The summed E-state index contributed by atoms with van der Waals surface area (Å²) in [5.41, 5.74) is 0.831. The lowest BCUT2D eigenvalue weighted by molar-refractivity contribution is -0.124. The Balaban J connectivity index is 2.54. The lowest BCUT2D eigenvalue weighted by Gasteiger charge is -2.24. The second-order valence-electron chi connectivity index (χ2n) is 5.65. The SMILES string of the molecule is COc1ccccc1CNC(C)C(=O)NC(C)(C)C. The summed E-state index contributed by atoms with van der Waals surface area (Å²) in [6.07, 6.45) is 0. The molecule has 4 heteroatoms. The topological polar surface area (TPSA) is 50.4 Å². The van der Waals surface area contributed by atoms with E-state index in [-0.39, 0.29) is 17.5 Å². The first-order valence-corrected chi connectivity index (χ1v) is 6.51. The third-order valence-electron chi connectivity index (χ3n) is 2.68. The highest BCUT2D eigenvalue weighted by atomic mass is 16.5. The van der Waals surface area contributed by atoms with Gasteiger partial charge >= 0.3 is 0 Å². The predicted octanol–water partition coefficient (Wildman–Crippen LogP) is 2.09. The van der Waals surface area contributed by atoms with Crippen LogP contribution >= 0.6 is 0 Å². The number of amides is 1. The van der Waals surface area contributed by atoms with Crippen LogP contribution in [0.25, 0.3) is 0 Å².